The largest absolute Gasteiger partial charge is 0.341 e. The Morgan fingerprint density at radius 3 is 2.20 bits per heavy atom. The van der Waals surface area contributed by atoms with Crippen LogP contribution in [0.1, 0.15) is 25.5 Å². The topological polar surface area (TPSA) is 29.3 Å². The second kappa shape index (κ2) is 6.01. The minimum atomic E-state index is -0.309. The number of rotatable bonds is 4. The summed E-state index contributed by atoms with van der Waals surface area (Å²) in [4.78, 5) is 1.98. The molecule has 0 spiro atoms. The summed E-state index contributed by atoms with van der Waals surface area (Å²) in [6.45, 7) is 4.48. The lowest BCUT2D eigenvalue weighted by Gasteiger charge is -2.27. The smallest absolute Gasteiger partial charge is 0.123 e. The van der Waals surface area contributed by atoms with Gasteiger partial charge < -0.3 is 10.6 Å². The van der Waals surface area contributed by atoms with Gasteiger partial charge in [-0.25, -0.2) is 8.78 Å². The third-order valence-electron chi connectivity index (χ3n) is 3.23. The normalized spacial score (nSPS) is 12.2. The average Bonchev–Trinajstić information content (AvgIpc) is 2.43. The third-order valence-corrected chi connectivity index (χ3v) is 3.23. The summed E-state index contributed by atoms with van der Waals surface area (Å²) in [7, 11) is 0. The van der Waals surface area contributed by atoms with E-state index in [0.717, 1.165) is 16.9 Å². The summed E-state index contributed by atoms with van der Waals surface area (Å²) >= 11 is 0. The average molecular weight is 276 g/mol. The van der Waals surface area contributed by atoms with Crippen LogP contribution in [0.5, 0.6) is 0 Å². The van der Waals surface area contributed by atoms with E-state index in [1.807, 2.05) is 18.7 Å². The van der Waals surface area contributed by atoms with Gasteiger partial charge in [-0.3, -0.25) is 0 Å². The zero-order valence-electron chi connectivity index (χ0n) is 11.6. The van der Waals surface area contributed by atoms with Gasteiger partial charge in [0.15, 0.2) is 0 Å². The molecule has 0 radical (unpaired) electrons. The Morgan fingerprint density at radius 2 is 1.65 bits per heavy atom. The molecule has 0 amide bonds. The van der Waals surface area contributed by atoms with E-state index in [1.165, 1.54) is 24.3 Å². The molecule has 4 heteroatoms. The fourth-order valence-electron chi connectivity index (χ4n) is 2.25. The molecule has 0 bridgehead atoms. The molecule has 0 saturated heterocycles. The summed E-state index contributed by atoms with van der Waals surface area (Å²) in [6.07, 6.45) is 0. The zero-order chi connectivity index (χ0) is 14.7. The van der Waals surface area contributed by atoms with Crippen LogP contribution in [0.4, 0.5) is 20.2 Å². The van der Waals surface area contributed by atoms with Crippen molar-refractivity contribution in [3.63, 3.8) is 0 Å². The predicted molar refractivity (Wildman–Crippen MR) is 78.1 cm³/mol. The number of nitrogens with zero attached hydrogens (tertiary/aromatic N) is 1. The van der Waals surface area contributed by atoms with Crippen molar-refractivity contribution in [2.45, 2.75) is 19.9 Å². The zero-order valence-corrected chi connectivity index (χ0v) is 11.6. The van der Waals surface area contributed by atoms with Gasteiger partial charge in [0.1, 0.15) is 11.6 Å². The first-order valence-electron chi connectivity index (χ1n) is 6.61. The quantitative estimate of drug-likeness (QED) is 0.909. The summed E-state index contributed by atoms with van der Waals surface area (Å²) in [5, 5.41) is 0. The van der Waals surface area contributed by atoms with E-state index < -0.39 is 0 Å². The Bertz CT molecular complexity index is 580. The minimum absolute atomic E-state index is 0.281. The fraction of sp³-hybridized carbons (Fsp3) is 0.250. The number of halogens is 2. The standard InChI is InChI=1S/C16H18F2N2/c1-3-20(14-7-4-12(17)5-8-14)16-9-6-13(18)10-15(16)11(2)19/h4-11H,3,19H2,1-2H3. The Hall–Kier alpha value is -1.94. The van der Waals surface area contributed by atoms with Crippen LogP contribution in [0.15, 0.2) is 42.5 Å². The highest BCUT2D eigenvalue weighted by Gasteiger charge is 2.15. The number of nitrogens with two attached hydrogens (primary N) is 1. The Balaban J connectivity index is 2.49. The molecule has 2 N–H and O–H groups in total. The number of hydrogen-bond donors (Lipinski definition) is 1. The maximum Gasteiger partial charge on any atom is 0.123 e. The highest BCUT2D eigenvalue weighted by molar-refractivity contribution is 5.67. The number of hydrogen-bond acceptors (Lipinski definition) is 2. The van der Waals surface area contributed by atoms with Gasteiger partial charge in [-0.15, -0.1) is 0 Å². The van der Waals surface area contributed by atoms with Gasteiger partial charge in [-0.1, -0.05) is 0 Å². The summed E-state index contributed by atoms with van der Waals surface area (Å²) in [5.74, 6) is -0.590. The van der Waals surface area contributed by atoms with Crippen molar-refractivity contribution in [3.8, 4) is 0 Å². The summed E-state index contributed by atoms with van der Waals surface area (Å²) in [5.41, 5.74) is 8.35. The first-order valence-corrected chi connectivity index (χ1v) is 6.61. The van der Waals surface area contributed by atoms with Crippen molar-refractivity contribution in [1.82, 2.24) is 0 Å². The van der Waals surface area contributed by atoms with E-state index in [9.17, 15) is 8.78 Å². The molecular formula is C16H18F2N2. The monoisotopic (exact) mass is 276 g/mol. The van der Waals surface area contributed by atoms with E-state index in [1.54, 1.807) is 18.2 Å². The van der Waals surface area contributed by atoms with E-state index >= 15 is 0 Å². The van der Waals surface area contributed by atoms with Crippen molar-refractivity contribution in [2.24, 2.45) is 5.73 Å². The Morgan fingerprint density at radius 1 is 1.05 bits per heavy atom. The molecule has 0 aliphatic heterocycles. The molecule has 0 fully saturated rings. The van der Waals surface area contributed by atoms with Gasteiger partial charge in [0, 0.05) is 24.0 Å². The first-order chi connectivity index (χ1) is 9.52. The molecule has 0 aliphatic carbocycles. The van der Waals surface area contributed by atoms with Crippen LogP contribution in [-0.4, -0.2) is 6.54 Å². The minimum Gasteiger partial charge on any atom is -0.341 e. The Labute approximate surface area is 117 Å². The highest BCUT2D eigenvalue weighted by atomic mass is 19.1. The molecule has 1 atom stereocenters. The van der Waals surface area contributed by atoms with Crippen LogP contribution in [0.25, 0.3) is 0 Å². The second-order valence-electron chi connectivity index (χ2n) is 4.71. The molecule has 2 nitrogen and oxygen atoms in total. The van der Waals surface area contributed by atoms with Crippen LogP contribution in [0.3, 0.4) is 0 Å². The summed E-state index contributed by atoms with van der Waals surface area (Å²) < 4.78 is 26.4. The van der Waals surface area contributed by atoms with Gasteiger partial charge >= 0.3 is 0 Å². The van der Waals surface area contributed by atoms with Gasteiger partial charge in [0.05, 0.1) is 0 Å². The third kappa shape index (κ3) is 2.96. The van der Waals surface area contributed by atoms with Gasteiger partial charge in [0.25, 0.3) is 0 Å². The molecule has 2 aromatic rings. The molecule has 0 aromatic heterocycles. The Kier molecular flexibility index (Phi) is 4.35. The van der Waals surface area contributed by atoms with Crippen LogP contribution >= 0.6 is 0 Å². The SMILES string of the molecule is CCN(c1ccc(F)cc1)c1ccc(F)cc1C(C)N. The predicted octanol–water partition coefficient (Wildman–Crippen LogP) is 4.14. The van der Waals surface area contributed by atoms with Gasteiger partial charge in [-0.2, -0.15) is 0 Å². The van der Waals surface area contributed by atoms with E-state index in [-0.39, 0.29) is 17.7 Å². The molecule has 2 rings (SSSR count). The molecule has 0 heterocycles. The van der Waals surface area contributed by atoms with Gasteiger partial charge in [-0.05, 0) is 61.9 Å². The van der Waals surface area contributed by atoms with E-state index in [0.29, 0.717) is 6.54 Å². The lowest BCUT2D eigenvalue weighted by atomic mass is 10.0. The van der Waals surface area contributed by atoms with Crippen molar-refractivity contribution >= 4 is 11.4 Å². The molecule has 20 heavy (non-hydrogen) atoms. The van der Waals surface area contributed by atoms with Crippen LogP contribution < -0.4 is 10.6 Å². The highest BCUT2D eigenvalue weighted by Crippen LogP contribution is 2.31. The van der Waals surface area contributed by atoms with Crippen LogP contribution in [0.2, 0.25) is 0 Å². The molecule has 0 aliphatic rings. The maximum atomic E-state index is 13.4. The van der Waals surface area contributed by atoms with Crippen molar-refractivity contribution in [2.75, 3.05) is 11.4 Å². The van der Waals surface area contributed by atoms with Crippen molar-refractivity contribution < 1.29 is 8.78 Å². The van der Waals surface area contributed by atoms with E-state index in [2.05, 4.69) is 0 Å². The first kappa shape index (κ1) is 14.5. The molecule has 106 valence electrons. The van der Waals surface area contributed by atoms with Crippen LogP contribution in [-0.2, 0) is 0 Å². The molecular weight excluding hydrogens is 258 g/mol. The molecule has 1 unspecified atom stereocenters. The second-order valence-corrected chi connectivity index (χ2v) is 4.71. The van der Waals surface area contributed by atoms with E-state index in [4.69, 9.17) is 5.73 Å². The van der Waals surface area contributed by atoms with Crippen molar-refractivity contribution in [1.29, 1.82) is 0 Å². The molecule has 2 aromatic carbocycles. The maximum absolute atomic E-state index is 13.4. The fourth-order valence-corrected chi connectivity index (χ4v) is 2.25. The van der Waals surface area contributed by atoms with Crippen molar-refractivity contribution in [3.05, 3.63) is 59.7 Å². The lowest BCUT2D eigenvalue weighted by molar-refractivity contribution is 0.622. The van der Waals surface area contributed by atoms with Gasteiger partial charge in [0.2, 0.25) is 0 Å². The lowest BCUT2D eigenvalue weighted by Crippen LogP contribution is -2.20. The van der Waals surface area contributed by atoms with Crippen LogP contribution in [0, 0.1) is 11.6 Å². The molecule has 0 saturated carbocycles. The summed E-state index contributed by atoms with van der Waals surface area (Å²) in [6, 6.07) is 10.5. The number of benzene rings is 2. The number of anilines is 2.